The minimum absolute atomic E-state index is 0.233. The fourth-order valence-corrected chi connectivity index (χ4v) is 3.06. The first-order chi connectivity index (χ1) is 9.77. The molecule has 1 aromatic heterocycles. The average molecular weight is 357 g/mol. The maximum absolute atomic E-state index is 13.3. The maximum atomic E-state index is 13.3. The summed E-state index contributed by atoms with van der Waals surface area (Å²) in [5.41, 5.74) is 0.531. The first-order valence-corrected chi connectivity index (χ1v) is 7.55. The van der Waals surface area contributed by atoms with Crippen molar-refractivity contribution in [1.29, 1.82) is 0 Å². The fraction of sp³-hybridized carbons (Fsp3) is 0.333. The van der Waals surface area contributed by atoms with E-state index >= 15 is 0 Å². The summed E-state index contributed by atoms with van der Waals surface area (Å²) in [5, 5.41) is 0.191. The summed E-state index contributed by atoms with van der Waals surface area (Å²) in [5.74, 6) is -0.00661. The van der Waals surface area contributed by atoms with Crippen LogP contribution in [0.15, 0.2) is 23.4 Å². The summed E-state index contributed by atoms with van der Waals surface area (Å²) in [7, 11) is 0. The van der Waals surface area contributed by atoms with Gasteiger partial charge in [0.1, 0.15) is 4.86 Å². The Labute approximate surface area is 133 Å². The van der Waals surface area contributed by atoms with Crippen molar-refractivity contribution >= 4 is 40.4 Å². The largest absolute Gasteiger partial charge is 0.426 e. The molecule has 0 aromatic carbocycles. The van der Waals surface area contributed by atoms with Crippen LogP contribution < -0.4 is 0 Å². The van der Waals surface area contributed by atoms with Gasteiger partial charge in [-0.2, -0.15) is 13.2 Å². The Bertz CT molecular complexity index is 589. The summed E-state index contributed by atoms with van der Waals surface area (Å²) in [6, 6.07) is 1.22. The summed E-state index contributed by atoms with van der Waals surface area (Å²) in [6.45, 7) is 0.807. The number of rotatable bonds is 3. The molecule has 9 heteroatoms. The van der Waals surface area contributed by atoms with Crippen molar-refractivity contribution in [2.45, 2.75) is 12.7 Å². The second-order valence-corrected chi connectivity index (χ2v) is 6.14. The van der Waals surface area contributed by atoms with Crippen LogP contribution in [0.5, 0.6) is 0 Å². The standard InChI is InChI=1S/C12H9ClF4N2S2/c13-11-8(14)3-7(5-18-11)6-19-1-2-21-10(19)4-9(20)12(15,16)17/h3-5H,1-2,6H2. The smallest absolute Gasteiger partial charge is 0.361 e. The molecule has 1 aromatic rings. The molecule has 0 amide bonds. The number of allylic oxidation sites excluding steroid dienone is 1. The third-order valence-electron chi connectivity index (χ3n) is 2.68. The molecule has 1 aliphatic rings. The second kappa shape index (κ2) is 6.50. The molecule has 114 valence electrons. The number of thioether (sulfide) groups is 1. The van der Waals surface area contributed by atoms with Gasteiger partial charge in [-0.15, -0.1) is 11.8 Å². The fourth-order valence-electron chi connectivity index (χ4n) is 1.71. The van der Waals surface area contributed by atoms with Gasteiger partial charge in [-0.25, -0.2) is 9.37 Å². The highest BCUT2D eigenvalue weighted by atomic mass is 35.5. The molecule has 0 bridgehead atoms. The van der Waals surface area contributed by atoms with E-state index in [2.05, 4.69) is 17.2 Å². The van der Waals surface area contributed by atoms with Crippen molar-refractivity contribution in [2.75, 3.05) is 12.3 Å². The van der Waals surface area contributed by atoms with E-state index in [0.717, 1.165) is 6.08 Å². The number of thiocarbonyl (C=S) groups is 1. The summed E-state index contributed by atoms with van der Waals surface area (Å²) < 4.78 is 50.7. The third-order valence-corrected chi connectivity index (χ3v) is 4.37. The van der Waals surface area contributed by atoms with E-state index in [-0.39, 0.29) is 11.7 Å². The zero-order chi connectivity index (χ0) is 15.6. The second-order valence-electron chi connectivity index (χ2n) is 4.23. The van der Waals surface area contributed by atoms with E-state index in [1.807, 2.05) is 0 Å². The van der Waals surface area contributed by atoms with Gasteiger partial charge in [0, 0.05) is 25.0 Å². The molecule has 0 atom stereocenters. The van der Waals surface area contributed by atoms with E-state index in [0.29, 0.717) is 22.9 Å². The lowest BCUT2D eigenvalue weighted by molar-refractivity contribution is -0.0553. The predicted molar refractivity (Wildman–Crippen MR) is 78.8 cm³/mol. The molecule has 2 rings (SSSR count). The highest BCUT2D eigenvalue weighted by Crippen LogP contribution is 2.31. The number of aromatic nitrogens is 1. The Morgan fingerprint density at radius 1 is 1.52 bits per heavy atom. The van der Waals surface area contributed by atoms with E-state index in [9.17, 15) is 17.6 Å². The Morgan fingerprint density at radius 2 is 2.24 bits per heavy atom. The third kappa shape index (κ3) is 4.31. The molecule has 2 nitrogen and oxygen atoms in total. The van der Waals surface area contributed by atoms with Gasteiger partial charge in [0.15, 0.2) is 11.0 Å². The molecular weight excluding hydrogens is 348 g/mol. The number of nitrogens with zero attached hydrogens (tertiary/aromatic N) is 2. The van der Waals surface area contributed by atoms with Crippen molar-refractivity contribution in [3.8, 4) is 0 Å². The Kier molecular flexibility index (Phi) is 5.11. The molecule has 0 spiro atoms. The van der Waals surface area contributed by atoms with E-state index < -0.39 is 16.9 Å². The van der Waals surface area contributed by atoms with Crippen LogP contribution >= 0.6 is 35.6 Å². The lowest BCUT2D eigenvalue weighted by Crippen LogP contribution is -2.22. The van der Waals surface area contributed by atoms with Gasteiger partial charge in [0.05, 0.1) is 5.03 Å². The molecular formula is C12H9ClF4N2S2. The van der Waals surface area contributed by atoms with Crippen LogP contribution in [-0.2, 0) is 6.54 Å². The first kappa shape index (κ1) is 16.5. The zero-order valence-electron chi connectivity index (χ0n) is 10.5. The average Bonchev–Trinajstić information content (AvgIpc) is 2.80. The Morgan fingerprint density at radius 3 is 2.86 bits per heavy atom. The minimum atomic E-state index is -4.52. The molecule has 0 radical (unpaired) electrons. The van der Waals surface area contributed by atoms with Gasteiger partial charge in [-0.3, -0.25) is 0 Å². The van der Waals surface area contributed by atoms with Gasteiger partial charge < -0.3 is 4.90 Å². The number of halogens is 5. The molecule has 0 aliphatic carbocycles. The summed E-state index contributed by atoms with van der Waals surface area (Å²) in [6.07, 6.45) is -2.19. The van der Waals surface area contributed by atoms with Gasteiger partial charge in [-0.1, -0.05) is 23.8 Å². The SMILES string of the molecule is Fc1cc(CN2CCSC2=CC(=S)C(F)(F)F)cnc1Cl. The highest BCUT2D eigenvalue weighted by Gasteiger charge is 2.33. The highest BCUT2D eigenvalue weighted by molar-refractivity contribution is 8.03. The van der Waals surface area contributed by atoms with Crippen molar-refractivity contribution in [3.63, 3.8) is 0 Å². The molecule has 0 N–H and O–H groups in total. The van der Waals surface area contributed by atoms with Gasteiger partial charge >= 0.3 is 6.18 Å². The molecule has 21 heavy (non-hydrogen) atoms. The lowest BCUT2D eigenvalue weighted by atomic mass is 10.2. The Hall–Kier alpha value is -0.860. The van der Waals surface area contributed by atoms with Crippen LogP contribution in [0, 0.1) is 5.82 Å². The number of hydrogen-bond donors (Lipinski definition) is 0. The van der Waals surface area contributed by atoms with Crippen LogP contribution in [0.2, 0.25) is 5.15 Å². The first-order valence-electron chi connectivity index (χ1n) is 5.78. The van der Waals surface area contributed by atoms with Crippen molar-refractivity contribution in [1.82, 2.24) is 9.88 Å². The van der Waals surface area contributed by atoms with Crippen LogP contribution in [-0.4, -0.2) is 33.2 Å². The number of hydrogen-bond acceptors (Lipinski definition) is 4. The predicted octanol–water partition coefficient (Wildman–Crippen LogP) is 4.20. The van der Waals surface area contributed by atoms with Gasteiger partial charge in [0.25, 0.3) is 0 Å². The maximum Gasteiger partial charge on any atom is 0.426 e. The summed E-state index contributed by atoms with van der Waals surface area (Å²) in [4.78, 5) is 4.31. The molecule has 1 fully saturated rings. The topological polar surface area (TPSA) is 16.1 Å². The molecule has 1 aliphatic heterocycles. The number of alkyl halides is 3. The minimum Gasteiger partial charge on any atom is -0.361 e. The molecule has 0 unspecified atom stereocenters. The quantitative estimate of drug-likeness (QED) is 0.349. The van der Waals surface area contributed by atoms with Crippen molar-refractivity contribution < 1.29 is 17.6 Å². The van der Waals surface area contributed by atoms with Crippen molar-refractivity contribution in [2.24, 2.45) is 0 Å². The monoisotopic (exact) mass is 356 g/mol. The van der Waals surface area contributed by atoms with Crippen molar-refractivity contribution in [3.05, 3.63) is 39.9 Å². The van der Waals surface area contributed by atoms with Crippen LogP contribution in [0.4, 0.5) is 17.6 Å². The van der Waals surface area contributed by atoms with Gasteiger partial charge in [-0.05, 0) is 17.7 Å². The van der Waals surface area contributed by atoms with Crippen LogP contribution in [0.1, 0.15) is 5.56 Å². The van der Waals surface area contributed by atoms with Gasteiger partial charge in [0.2, 0.25) is 0 Å². The summed E-state index contributed by atoms with van der Waals surface area (Å²) >= 11 is 11.1. The molecule has 0 saturated carbocycles. The van der Waals surface area contributed by atoms with Crippen LogP contribution in [0.3, 0.4) is 0 Å². The number of pyridine rings is 1. The lowest BCUT2D eigenvalue weighted by Gasteiger charge is -2.19. The molecule has 2 heterocycles. The van der Waals surface area contributed by atoms with E-state index in [4.69, 9.17) is 11.6 Å². The normalized spacial score (nSPS) is 17.6. The van der Waals surface area contributed by atoms with E-state index in [1.165, 1.54) is 24.0 Å². The molecule has 1 saturated heterocycles. The van der Waals surface area contributed by atoms with Crippen LogP contribution in [0.25, 0.3) is 0 Å². The van der Waals surface area contributed by atoms with E-state index in [1.54, 1.807) is 4.90 Å². The zero-order valence-corrected chi connectivity index (χ0v) is 12.8. The Balaban J connectivity index is 2.14.